The maximum atomic E-state index is 5.40. The van der Waals surface area contributed by atoms with Crippen molar-refractivity contribution in [3.63, 3.8) is 0 Å². The van der Waals surface area contributed by atoms with E-state index in [0.29, 0.717) is 17.3 Å². The Morgan fingerprint density at radius 3 is 2.65 bits per heavy atom. The average molecular weight is 333 g/mol. The molecule has 8 heteroatoms. The van der Waals surface area contributed by atoms with Crippen LogP contribution < -0.4 is 14.2 Å². The molecular formula is C15H15N3O4S. The molecule has 0 saturated heterocycles. The summed E-state index contributed by atoms with van der Waals surface area (Å²) >= 11 is 1.52. The molecule has 3 aromatic rings. The third-order valence-corrected chi connectivity index (χ3v) is 3.97. The Morgan fingerprint density at radius 2 is 1.96 bits per heavy atom. The molecule has 0 aliphatic heterocycles. The number of ether oxygens (including phenoxy) is 3. The van der Waals surface area contributed by atoms with Crippen LogP contribution in [-0.2, 0) is 6.61 Å². The molecule has 0 saturated carbocycles. The molecule has 0 spiro atoms. The highest BCUT2D eigenvalue weighted by Gasteiger charge is 2.11. The second kappa shape index (κ2) is 6.66. The summed E-state index contributed by atoms with van der Waals surface area (Å²) in [5.41, 5.74) is 1.74. The zero-order valence-corrected chi connectivity index (χ0v) is 13.7. The van der Waals surface area contributed by atoms with E-state index in [1.54, 1.807) is 21.1 Å². The van der Waals surface area contributed by atoms with E-state index in [1.807, 2.05) is 23.6 Å². The first kappa shape index (κ1) is 15.3. The van der Waals surface area contributed by atoms with Gasteiger partial charge in [-0.3, -0.25) is 4.52 Å². The van der Waals surface area contributed by atoms with Gasteiger partial charge in [0.25, 0.3) is 0 Å². The standard InChI is InChI=1S/C15H15N3O4S/c1-9-16-15(22-18-9)21-7-11-8-23-14(17-11)10-4-5-12(19-2)13(6-10)20-3/h4-6,8H,7H2,1-3H3. The average Bonchev–Trinajstić information content (AvgIpc) is 3.21. The van der Waals surface area contributed by atoms with Crippen molar-refractivity contribution < 1.29 is 18.7 Å². The van der Waals surface area contributed by atoms with Crippen LogP contribution in [0.2, 0.25) is 0 Å². The van der Waals surface area contributed by atoms with Gasteiger partial charge in [0.05, 0.1) is 19.9 Å². The van der Waals surface area contributed by atoms with Gasteiger partial charge in [0.15, 0.2) is 17.3 Å². The van der Waals surface area contributed by atoms with Crippen LogP contribution in [0, 0.1) is 6.92 Å². The van der Waals surface area contributed by atoms with Crippen LogP contribution in [0.15, 0.2) is 28.1 Å². The van der Waals surface area contributed by atoms with Crippen LogP contribution in [0.1, 0.15) is 11.5 Å². The summed E-state index contributed by atoms with van der Waals surface area (Å²) in [7, 11) is 3.21. The molecule has 0 atom stereocenters. The maximum Gasteiger partial charge on any atom is 0.417 e. The fraction of sp³-hybridized carbons (Fsp3) is 0.267. The van der Waals surface area contributed by atoms with Crippen LogP contribution in [-0.4, -0.2) is 29.3 Å². The number of thiazole rings is 1. The molecule has 1 aromatic carbocycles. The zero-order chi connectivity index (χ0) is 16.2. The first-order valence-corrected chi connectivity index (χ1v) is 7.67. The van der Waals surface area contributed by atoms with Crippen molar-refractivity contribution in [1.82, 2.24) is 15.1 Å². The molecular weight excluding hydrogens is 318 g/mol. The summed E-state index contributed by atoms with van der Waals surface area (Å²) in [5.74, 6) is 1.88. The highest BCUT2D eigenvalue weighted by molar-refractivity contribution is 7.13. The van der Waals surface area contributed by atoms with E-state index >= 15 is 0 Å². The smallest absolute Gasteiger partial charge is 0.417 e. The van der Waals surface area contributed by atoms with Crippen molar-refractivity contribution in [1.29, 1.82) is 0 Å². The highest BCUT2D eigenvalue weighted by Crippen LogP contribution is 2.33. The fourth-order valence-electron chi connectivity index (χ4n) is 1.95. The van der Waals surface area contributed by atoms with E-state index in [9.17, 15) is 0 Å². The van der Waals surface area contributed by atoms with E-state index < -0.39 is 0 Å². The van der Waals surface area contributed by atoms with Crippen LogP contribution >= 0.6 is 11.3 Å². The lowest BCUT2D eigenvalue weighted by Gasteiger charge is -2.08. The van der Waals surface area contributed by atoms with Crippen LogP contribution in [0.5, 0.6) is 17.6 Å². The molecule has 120 valence electrons. The van der Waals surface area contributed by atoms with Gasteiger partial charge in [0.2, 0.25) is 0 Å². The van der Waals surface area contributed by atoms with Crippen LogP contribution in [0.4, 0.5) is 0 Å². The molecule has 0 amide bonds. The van der Waals surface area contributed by atoms with Gasteiger partial charge in [0.1, 0.15) is 11.6 Å². The van der Waals surface area contributed by atoms with Crippen molar-refractivity contribution in [2.24, 2.45) is 0 Å². The summed E-state index contributed by atoms with van der Waals surface area (Å²) in [5, 5.41) is 6.46. The summed E-state index contributed by atoms with van der Waals surface area (Å²) in [6, 6.07) is 5.68. The Labute approximate surface area is 136 Å². The summed E-state index contributed by atoms with van der Waals surface area (Å²) in [6.45, 7) is 2.00. The predicted molar refractivity (Wildman–Crippen MR) is 84.0 cm³/mol. The van der Waals surface area contributed by atoms with Crippen molar-refractivity contribution in [2.75, 3.05) is 14.2 Å². The minimum absolute atomic E-state index is 0.142. The number of benzene rings is 1. The number of aryl methyl sites for hydroxylation is 1. The minimum Gasteiger partial charge on any atom is -0.493 e. The van der Waals surface area contributed by atoms with Gasteiger partial charge in [-0.05, 0) is 25.1 Å². The molecule has 3 rings (SSSR count). The Balaban J connectivity index is 1.73. The topological polar surface area (TPSA) is 79.5 Å². The first-order chi connectivity index (χ1) is 11.2. The number of hydrogen-bond donors (Lipinski definition) is 0. The van der Waals surface area contributed by atoms with Gasteiger partial charge >= 0.3 is 6.08 Å². The molecule has 23 heavy (non-hydrogen) atoms. The molecule has 0 aliphatic rings. The Hall–Kier alpha value is -2.61. The van der Waals surface area contributed by atoms with Gasteiger partial charge in [-0.25, -0.2) is 4.98 Å². The molecule has 2 heterocycles. The number of rotatable bonds is 6. The van der Waals surface area contributed by atoms with E-state index in [4.69, 9.17) is 18.7 Å². The highest BCUT2D eigenvalue weighted by atomic mass is 32.1. The van der Waals surface area contributed by atoms with E-state index in [1.165, 1.54) is 11.3 Å². The molecule has 0 radical (unpaired) electrons. The molecule has 0 unspecified atom stereocenters. The molecule has 0 N–H and O–H groups in total. The lowest BCUT2D eigenvalue weighted by molar-refractivity contribution is 0.193. The van der Waals surface area contributed by atoms with E-state index in [-0.39, 0.29) is 12.7 Å². The molecule has 0 aliphatic carbocycles. The van der Waals surface area contributed by atoms with Crippen molar-refractivity contribution in [2.45, 2.75) is 13.5 Å². The second-order valence-corrected chi connectivity index (χ2v) is 5.47. The Kier molecular flexibility index (Phi) is 4.42. The lowest BCUT2D eigenvalue weighted by Crippen LogP contribution is -1.96. The van der Waals surface area contributed by atoms with Gasteiger partial charge in [-0.2, -0.15) is 4.98 Å². The van der Waals surface area contributed by atoms with Crippen molar-refractivity contribution >= 4 is 11.3 Å². The third kappa shape index (κ3) is 3.42. The van der Waals surface area contributed by atoms with Gasteiger partial charge in [-0.1, -0.05) is 5.16 Å². The SMILES string of the molecule is COc1ccc(-c2nc(COc3nc(C)no3)cs2)cc1OC. The number of nitrogens with zero attached hydrogens (tertiary/aromatic N) is 3. The molecule has 7 nitrogen and oxygen atoms in total. The fourth-order valence-corrected chi connectivity index (χ4v) is 2.75. The van der Waals surface area contributed by atoms with Gasteiger partial charge in [-0.15, -0.1) is 11.3 Å². The monoisotopic (exact) mass is 333 g/mol. The third-order valence-electron chi connectivity index (χ3n) is 3.03. The number of methoxy groups -OCH3 is 2. The Morgan fingerprint density at radius 1 is 1.13 bits per heavy atom. The lowest BCUT2D eigenvalue weighted by atomic mass is 10.2. The largest absolute Gasteiger partial charge is 0.493 e. The van der Waals surface area contributed by atoms with Crippen LogP contribution in [0.3, 0.4) is 0 Å². The summed E-state index contributed by atoms with van der Waals surface area (Å²) < 4.78 is 20.8. The van der Waals surface area contributed by atoms with Gasteiger partial charge in [0, 0.05) is 10.9 Å². The van der Waals surface area contributed by atoms with Crippen molar-refractivity contribution in [3.8, 4) is 28.1 Å². The zero-order valence-electron chi connectivity index (χ0n) is 12.9. The Bertz CT molecular complexity index is 800. The van der Waals surface area contributed by atoms with Crippen LogP contribution in [0.25, 0.3) is 10.6 Å². The molecule has 2 aromatic heterocycles. The minimum atomic E-state index is 0.142. The summed E-state index contributed by atoms with van der Waals surface area (Å²) in [4.78, 5) is 8.52. The first-order valence-electron chi connectivity index (χ1n) is 6.79. The predicted octanol–water partition coefficient (Wildman–Crippen LogP) is 3.10. The second-order valence-electron chi connectivity index (χ2n) is 4.61. The number of aromatic nitrogens is 3. The maximum absolute atomic E-state index is 5.40. The molecule has 0 fully saturated rings. The van der Waals surface area contributed by atoms with E-state index in [2.05, 4.69) is 15.1 Å². The number of hydrogen-bond acceptors (Lipinski definition) is 8. The van der Waals surface area contributed by atoms with Crippen molar-refractivity contribution in [3.05, 3.63) is 35.1 Å². The summed E-state index contributed by atoms with van der Waals surface area (Å²) in [6.07, 6.45) is 0.142. The van der Waals surface area contributed by atoms with Gasteiger partial charge < -0.3 is 14.2 Å². The van der Waals surface area contributed by atoms with E-state index in [0.717, 1.165) is 16.3 Å². The normalized spacial score (nSPS) is 10.6. The molecule has 0 bridgehead atoms. The quantitative estimate of drug-likeness (QED) is 0.685.